The van der Waals surface area contributed by atoms with E-state index < -0.39 is 28.9 Å². The minimum absolute atomic E-state index is 0.107. The monoisotopic (exact) mass is 521 g/mol. The molecule has 0 aliphatic heterocycles. The van der Waals surface area contributed by atoms with E-state index in [2.05, 4.69) is 4.98 Å². The maximum atomic E-state index is 13.9. The number of rotatable bonds is 7. The Morgan fingerprint density at radius 2 is 1.79 bits per heavy atom. The summed E-state index contributed by atoms with van der Waals surface area (Å²) in [7, 11) is 1.49. The first-order valence-electron chi connectivity index (χ1n) is 12.3. The number of carbonyl (C=O) groups is 1. The van der Waals surface area contributed by atoms with Crippen LogP contribution in [0.2, 0.25) is 0 Å². The minimum atomic E-state index is -1.37. The molecule has 7 nitrogen and oxygen atoms in total. The number of hydrogen-bond acceptors (Lipinski definition) is 7. The van der Waals surface area contributed by atoms with E-state index in [0.717, 1.165) is 5.56 Å². The summed E-state index contributed by atoms with van der Waals surface area (Å²) in [6.07, 6.45) is 2.23. The fourth-order valence-corrected chi connectivity index (χ4v) is 4.97. The van der Waals surface area contributed by atoms with E-state index in [4.69, 9.17) is 14.2 Å². The number of esters is 1. The zero-order chi connectivity index (χ0) is 27.7. The van der Waals surface area contributed by atoms with Crippen molar-refractivity contribution in [2.45, 2.75) is 45.8 Å². The predicted molar refractivity (Wildman–Crippen MR) is 141 cm³/mol. The van der Waals surface area contributed by atoms with Gasteiger partial charge in [-0.2, -0.15) is 0 Å². The lowest BCUT2D eigenvalue weighted by molar-refractivity contribution is -0.0159. The average molecular weight is 522 g/mol. The van der Waals surface area contributed by atoms with Crippen LogP contribution in [0.1, 0.15) is 48.7 Å². The molecule has 1 aromatic heterocycles. The lowest BCUT2D eigenvalue weighted by Gasteiger charge is -2.46. The standard InChI is InChI=1S/C30H32FNO6/c1-18-6-7-20(31)14-25(18)37-16-23-26(27(33)29(2,3)17-30(23,4)35)22-15-21(8-9-24(22)36-5)38-28(34)19-10-12-32-13-11-19/h6-15,27,33,35H,16-17H2,1-5H3. The molecule has 0 amide bonds. The van der Waals surface area contributed by atoms with Crippen molar-refractivity contribution in [3.63, 3.8) is 0 Å². The van der Waals surface area contributed by atoms with Crippen molar-refractivity contribution in [1.82, 2.24) is 4.98 Å². The lowest BCUT2D eigenvalue weighted by Crippen LogP contribution is -2.47. The van der Waals surface area contributed by atoms with Crippen LogP contribution >= 0.6 is 0 Å². The van der Waals surface area contributed by atoms with Gasteiger partial charge < -0.3 is 24.4 Å². The van der Waals surface area contributed by atoms with Gasteiger partial charge in [-0.3, -0.25) is 4.98 Å². The van der Waals surface area contributed by atoms with Crippen LogP contribution in [0.15, 0.2) is 66.5 Å². The second kappa shape index (κ2) is 10.6. The number of aliphatic hydroxyl groups excluding tert-OH is 1. The van der Waals surface area contributed by atoms with Gasteiger partial charge in [0.15, 0.2) is 0 Å². The molecule has 0 fully saturated rings. The van der Waals surface area contributed by atoms with E-state index in [1.165, 1.54) is 31.6 Å². The Bertz CT molecular complexity index is 1370. The molecule has 2 atom stereocenters. The van der Waals surface area contributed by atoms with Gasteiger partial charge in [0.05, 0.1) is 24.4 Å². The van der Waals surface area contributed by atoms with Crippen LogP contribution in [0.4, 0.5) is 4.39 Å². The summed E-state index contributed by atoms with van der Waals surface area (Å²) in [5.41, 5.74) is 0.246. The summed E-state index contributed by atoms with van der Waals surface area (Å²) in [4.78, 5) is 16.6. The summed E-state index contributed by atoms with van der Waals surface area (Å²) >= 11 is 0. The van der Waals surface area contributed by atoms with Crippen molar-refractivity contribution in [1.29, 1.82) is 0 Å². The van der Waals surface area contributed by atoms with Gasteiger partial charge in [0, 0.05) is 29.6 Å². The molecule has 1 heterocycles. The number of halogens is 1. The Morgan fingerprint density at radius 1 is 1.08 bits per heavy atom. The zero-order valence-corrected chi connectivity index (χ0v) is 22.1. The van der Waals surface area contributed by atoms with Crippen molar-refractivity contribution in [2.75, 3.05) is 13.7 Å². The third-order valence-electron chi connectivity index (χ3n) is 6.90. The van der Waals surface area contributed by atoms with E-state index in [1.807, 2.05) is 13.8 Å². The first-order valence-corrected chi connectivity index (χ1v) is 12.3. The smallest absolute Gasteiger partial charge is 0.343 e. The summed E-state index contributed by atoms with van der Waals surface area (Å²) in [5.74, 6) is -0.0397. The van der Waals surface area contributed by atoms with Gasteiger partial charge in [-0.1, -0.05) is 19.9 Å². The molecule has 38 heavy (non-hydrogen) atoms. The molecule has 3 aromatic rings. The number of aryl methyl sites for hydroxylation is 1. The minimum Gasteiger partial charge on any atom is -0.496 e. The van der Waals surface area contributed by atoms with E-state index in [0.29, 0.717) is 33.8 Å². The number of hydrogen-bond donors (Lipinski definition) is 2. The topological polar surface area (TPSA) is 98.1 Å². The van der Waals surface area contributed by atoms with Gasteiger partial charge >= 0.3 is 5.97 Å². The van der Waals surface area contributed by atoms with Crippen molar-refractivity contribution in [2.24, 2.45) is 5.41 Å². The fraction of sp³-hybridized carbons (Fsp3) is 0.333. The molecule has 0 spiro atoms. The number of carbonyl (C=O) groups excluding carboxylic acids is 1. The van der Waals surface area contributed by atoms with Crippen LogP contribution in [0.3, 0.4) is 0 Å². The average Bonchev–Trinajstić information content (AvgIpc) is 2.87. The van der Waals surface area contributed by atoms with Gasteiger partial charge in [0.2, 0.25) is 0 Å². The summed E-state index contributed by atoms with van der Waals surface area (Å²) < 4.78 is 31.1. The van der Waals surface area contributed by atoms with Crippen LogP contribution in [0.5, 0.6) is 17.2 Å². The highest BCUT2D eigenvalue weighted by Gasteiger charge is 2.47. The molecule has 8 heteroatoms. The first kappa shape index (κ1) is 27.3. The number of pyridine rings is 1. The number of aromatic nitrogens is 1. The molecule has 0 radical (unpaired) electrons. The fourth-order valence-electron chi connectivity index (χ4n) is 4.97. The molecule has 0 bridgehead atoms. The van der Waals surface area contributed by atoms with Crippen molar-refractivity contribution in [3.8, 4) is 17.2 Å². The van der Waals surface area contributed by atoms with E-state index in [1.54, 1.807) is 50.2 Å². The number of nitrogens with zero attached hydrogens (tertiary/aromatic N) is 1. The largest absolute Gasteiger partial charge is 0.496 e. The Hall–Kier alpha value is -3.75. The maximum absolute atomic E-state index is 13.9. The third kappa shape index (κ3) is 5.56. The Kier molecular flexibility index (Phi) is 7.58. The maximum Gasteiger partial charge on any atom is 0.343 e. The van der Waals surface area contributed by atoms with Crippen LogP contribution in [-0.4, -0.2) is 46.6 Å². The molecular weight excluding hydrogens is 489 g/mol. The van der Waals surface area contributed by atoms with E-state index in [-0.39, 0.29) is 18.8 Å². The third-order valence-corrected chi connectivity index (χ3v) is 6.90. The normalized spacial score (nSPS) is 20.7. The molecule has 2 unspecified atom stereocenters. The molecule has 0 saturated heterocycles. The highest BCUT2D eigenvalue weighted by molar-refractivity contribution is 5.91. The van der Waals surface area contributed by atoms with Gasteiger partial charge in [-0.15, -0.1) is 0 Å². The Morgan fingerprint density at radius 3 is 2.47 bits per heavy atom. The molecular formula is C30H32FNO6. The van der Waals surface area contributed by atoms with Crippen molar-refractivity contribution in [3.05, 3.63) is 89.0 Å². The molecule has 1 aliphatic carbocycles. The zero-order valence-electron chi connectivity index (χ0n) is 22.1. The molecule has 4 rings (SSSR count). The lowest BCUT2D eigenvalue weighted by atomic mass is 9.64. The molecule has 0 saturated carbocycles. The number of aliphatic hydroxyl groups is 2. The van der Waals surface area contributed by atoms with Gasteiger partial charge in [-0.05, 0) is 73.2 Å². The predicted octanol–water partition coefficient (Wildman–Crippen LogP) is 5.13. The number of ether oxygens (including phenoxy) is 3. The van der Waals surface area contributed by atoms with Crippen LogP contribution < -0.4 is 14.2 Å². The Balaban J connectivity index is 1.81. The summed E-state index contributed by atoms with van der Waals surface area (Å²) in [6.45, 7) is 7.08. The van der Waals surface area contributed by atoms with Crippen molar-refractivity contribution >= 4 is 11.5 Å². The molecule has 2 aromatic carbocycles. The van der Waals surface area contributed by atoms with E-state index >= 15 is 0 Å². The summed E-state index contributed by atoms with van der Waals surface area (Å²) in [5, 5.41) is 23.2. The van der Waals surface area contributed by atoms with Gasteiger partial charge in [0.25, 0.3) is 0 Å². The number of methoxy groups -OCH3 is 1. The van der Waals surface area contributed by atoms with E-state index in [9.17, 15) is 19.4 Å². The molecule has 2 N–H and O–H groups in total. The molecule has 200 valence electrons. The highest BCUT2D eigenvalue weighted by Crippen LogP contribution is 2.50. The molecule has 1 aliphatic rings. The highest BCUT2D eigenvalue weighted by atomic mass is 19.1. The van der Waals surface area contributed by atoms with Gasteiger partial charge in [0.1, 0.15) is 29.7 Å². The first-order chi connectivity index (χ1) is 17.9. The van der Waals surface area contributed by atoms with Gasteiger partial charge in [-0.25, -0.2) is 9.18 Å². The second-order valence-electron chi connectivity index (χ2n) is 10.4. The quantitative estimate of drug-likeness (QED) is 0.329. The van der Waals surface area contributed by atoms with Crippen LogP contribution in [0, 0.1) is 18.2 Å². The number of benzene rings is 2. The van der Waals surface area contributed by atoms with Crippen LogP contribution in [0.25, 0.3) is 5.57 Å². The van der Waals surface area contributed by atoms with Crippen LogP contribution in [-0.2, 0) is 0 Å². The Labute approximate surface area is 221 Å². The SMILES string of the molecule is COc1ccc(OC(=O)c2ccncc2)cc1C1=C(COc2cc(F)ccc2C)C(C)(O)CC(C)(C)C1O. The van der Waals surface area contributed by atoms with Crippen molar-refractivity contribution < 1.29 is 33.6 Å². The summed E-state index contributed by atoms with van der Waals surface area (Å²) in [6, 6.07) is 12.2. The second-order valence-corrected chi connectivity index (χ2v) is 10.4.